The van der Waals surface area contributed by atoms with Gasteiger partial charge < -0.3 is 36.4 Å². The minimum absolute atomic E-state index is 0.278. The Kier molecular flexibility index (Phi) is 10.8. The summed E-state index contributed by atoms with van der Waals surface area (Å²) in [7, 11) is 0. The summed E-state index contributed by atoms with van der Waals surface area (Å²) in [4.78, 5) is 9.24. The van der Waals surface area contributed by atoms with Crippen LogP contribution < -0.4 is 5.73 Å². The van der Waals surface area contributed by atoms with Crippen molar-refractivity contribution in [3.8, 4) is 0 Å². The number of carboxylic acids is 1. The SMILES string of the molecule is NCC(=O)O.OCC(O)C(O)C(O)CO. The van der Waals surface area contributed by atoms with E-state index < -0.39 is 37.5 Å². The van der Waals surface area contributed by atoms with E-state index in [1.54, 1.807) is 0 Å². The van der Waals surface area contributed by atoms with Gasteiger partial charge in [0.1, 0.15) is 18.3 Å². The number of nitrogens with two attached hydrogens (primary N) is 1. The van der Waals surface area contributed by atoms with E-state index in [9.17, 15) is 4.79 Å². The number of hydrogen-bond acceptors (Lipinski definition) is 7. The average Bonchev–Trinajstić information content (AvgIpc) is 2.26. The first kappa shape index (κ1) is 16.7. The number of rotatable bonds is 5. The van der Waals surface area contributed by atoms with Gasteiger partial charge in [-0.05, 0) is 0 Å². The molecular weight excluding hydrogens is 210 g/mol. The Morgan fingerprint density at radius 3 is 1.47 bits per heavy atom. The van der Waals surface area contributed by atoms with E-state index in [0.717, 1.165) is 0 Å². The molecule has 0 bridgehead atoms. The lowest BCUT2D eigenvalue weighted by Gasteiger charge is -2.19. The number of aliphatic hydroxyl groups is 5. The lowest BCUT2D eigenvalue weighted by Crippen LogP contribution is -2.41. The van der Waals surface area contributed by atoms with Gasteiger partial charge >= 0.3 is 5.97 Å². The first-order valence-electron chi connectivity index (χ1n) is 4.08. The third-order valence-electron chi connectivity index (χ3n) is 1.34. The standard InChI is InChI=1S/C5H12O5.C2H5NO2/c6-1-3(8)5(10)4(9)2-7;3-1-2(4)5/h3-10H,1-2H2;1,3H2,(H,4,5). The van der Waals surface area contributed by atoms with Crippen LogP contribution in [-0.4, -0.2) is 74.7 Å². The van der Waals surface area contributed by atoms with Gasteiger partial charge in [-0.15, -0.1) is 0 Å². The molecule has 8 heteroatoms. The highest BCUT2D eigenvalue weighted by Crippen LogP contribution is 1.97. The first-order chi connectivity index (χ1) is 6.90. The fraction of sp³-hybridized carbons (Fsp3) is 0.857. The topological polar surface area (TPSA) is 164 Å². The fourth-order valence-electron chi connectivity index (χ4n) is 0.472. The lowest BCUT2D eigenvalue weighted by atomic mass is 10.1. The summed E-state index contributed by atoms with van der Waals surface area (Å²) < 4.78 is 0. The van der Waals surface area contributed by atoms with E-state index in [-0.39, 0.29) is 6.54 Å². The van der Waals surface area contributed by atoms with Crippen LogP contribution in [0.5, 0.6) is 0 Å². The van der Waals surface area contributed by atoms with Crippen LogP contribution in [0.3, 0.4) is 0 Å². The Bertz CT molecular complexity index is 155. The molecule has 0 spiro atoms. The van der Waals surface area contributed by atoms with Crippen molar-refractivity contribution in [1.82, 2.24) is 0 Å². The minimum Gasteiger partial charge on any atom is -0.480 e. The monoisotopic (exact) mass is 227 g/mol. The molecule has 0 aliphatic carbocycles. The van der Waals surface area contributed by atoms with Crippen LogP contribution in [0.2, 0.25) is 0 Å². The van der Waals surface area contributed by atoms with Crippen LogP contribution >= 0.6 is 0 Å². The zero-order valence-electron chi connectivity index (χ0n) is 8.02. The van der Waals surface area contributed by atoms with Crippen LogP contribution in [-0.2, 0) is 4.79 Å². The Labute approximate surface area is 86.2 Å². The fourth-order valence-corrected chi connectivity index (χ4v) is 0.472. The molecule has 0 heterocycles. The molecular formula is C7H17NO7. The van der Waals surface area contributed by atoms with Gasteiger partial charge in [0.2, 0.25) is 0 Å². The molecule has 0 amide bonds. The van der Waals surface area contributed by atoms with Crippen molar-refractivity contribution in [2.24, 2.45) is 5.73 Å². The highest BCUT2D eigenvalue weighted by atomic mass is 16.4. The van der Waals surface area contributed by atoms with Crippen LogP contribution in [0.15, 0.2) is 0 Å². The van der Waals surface area contributed by atoms with Crippen molar-refractivity contribution in [3.05, 3.63) is 0 Å². The maximum atomic E-state index is 9.24. The Balaban J connectivity index is 0. The van der Waals surface area contributed by atoms with Gasteiger partial charge in [-0.2, -0.15) is 0 Å². The molecule has 15 heavy (non-hydrogen) atoms. The van der Waals surface area contributed by atoms with E-state index in [1.165, 1.54) is 0 Å². The van der Waals surface area contributed by atoms with E-state index in [0.29, 0.717) is 0 Å². The molecule has 0 saturated carbocycles. The largest absolute Gasteiger partial charge is 0.480 e. The molecule has 8 N–H and O–H groups in total. The Morgan fingerprint density at radius 2 is 1.33 bits per heavy atom. The lowest BCUT2D eigenvalue weighted by molar-refractivity contribution is -0.135. The van der Waals surface area contributed by atoms with Crippen molar-refractivity contribution in [3.63, 3.8) is 0 Å². The van der Waals surface area contributed by atoms with Gasteiger partial charge in [-0.25, -0.2) is 0 Å². The van der Waals surface area contributed by atoms with Gasteiger partial charge in [-0.3, -0.25) is 4.79 Å². The second-order valence-corrected chi connectivity index (χ2v) is 2.59. The van der Waals surface area contributed by atoms with Crippen molar-refractivity contribution in [1.29, 1.82) is 0 Å². The molecule has 0 aliphatic rings. The summed E-state index contributed by atoms with van der Waals surface area (Å²) >= 11 is 0. The molecule has 0 rings (SSSR count). The highest BCUT2D eigenvalue weighted by Gasteiger charge is 2.22. The molecule has 0 radical (unpaired) electrons. The maximum Gasteiger partial charge on any atom is 0.317 e. The van der Waals surface area contributed by atoms with Crippen LogP contribution in [0, 0.1) is 0 Å². The van der Waals surface area contributed by atoms with Crippen LogP contribution in [0.1, 0.15) is 0 Å². The van der Waals surface area contributed by atoms with Gasteiger partial charge in [-0.1, -0.05) is 0 Å². The molecule has 0 aromatic heterocycles. The van der Waals surface area contributed by atoms with Crippen LogP contribution in [0.25, 0.3) is 0 Å². The quantitative estimate of drug-likeness (QED) is 0.250. The van der Waals surface area contributed by atoms with Crippen molar-refractivity contribution < 1.29 is 35.4 Å². The van der Waals surface area contributed by atoms with E-state index in [2.05, 4.69) is 5.73 Å². The predicted molar refractivity (Wildman–Crippen MR) is 48.9 cm³/mol. The molecule has 0 aromatic rings. The number of carbonyl (C=O) groups is 1. The zero-order valence-corrected chi connectivity index (χ0v) is 8.02. The van der Waals surface area contributed by atoms with Gasteiger partial charge in [0.05, 0.1) is 19.8 Å². The van der Waals surface area contributed by atoms with E-state index in [1.807, 2.05) is 0 Å². The summed E-state index contributed by atoms with van der Waals surface area (Å²) in [6.07, 6.45) is -4.29. The summed E-state index contributed by atoms with van der Waals surface area (Å²) in [5.74, 6) is -0.968. The number of aliphatic carboxylic acids is 1. The Hall–Kier alpha value is -0.770. The van der Waals surface area contributed by atoms with Gasteiger partial charge in [0.15, 0.2) is 0 Å². The van der Waals surface area contributed by atoms with Crippen molar-refractivity contribution in [2.75, 3.05) is 19.8 Å². The molecule has 0 aliphatic heterocycles. The normalized spacial score (nSPS) is 15.9. The van der Waals surface area contributed by atoms with Crippen molar-refractivity contribution in [2.45, 2.75) is 18.3 Å². The maximum absolute atomic E-state index is 9.24. The van der Waals surface area contributed by atoms with Crippen molar-refractivity contribution >= 4 is 5.97 Å². The molecule has 2 unspecified atom stereocenters. The number of aliphatic hydroxyl groups excluding tert-OH is 5. The molecule has 8 nitrogen and oxygen atoms in total. The smallest absolute Gasteiger partial charge is 0.317 e. The molecule has 0 fully saturated rings. The molecule has 0 aromatic carbocycles. The zero-order chi connectivity index (χ0) is 12.4. The second-order valence-electron chi connectivity index (χ2n) is 2.59. The predicted octanol–water partition coefficient (Wildman–Crippen LogP) is -3.92. The highest BCUT2D eigenvalue weighted by molar-refractivity contribution is 5.68. The Morgan fingerprint density at radius 1 is 1.07 bits per heavy atom. The summed E-state index contributed by atoms with van der Waals surface area (Å²) in [6, 6.07) is 0. The molecule has 0 saturated heterocycles. The summed E-state index contributed by atoms with van der Waals surface area (Å²) in [5, 5.41) is 50.2. The molecule has 92 valence electrons. The minimum atomic E-state index is -1.49. The molecule has 2 atom stereocenters. The van der Waals surface area contributed by atoms with E-state index >= 15 is 0 Å². The number of carboxylic acid groups (broad SMARTS) is 1. The summed E-state index contributed by atoms with van der Waals surface area (Å²) in [6.45, 7) is -1.56. The third-order valence-corrected chi connectivity index (χ3v) is 1.34. The average molecular weight is 227 g/mol. The third kappa shape index (κ3) is 9.53. The summed E-state index contributed by atoms with van der Waals surface area (Å²) in [5.41, 5.74) is 4.57. The second kappa shape index (κ2) is 9.77. The van der Waals surface area contributed by atoms with Crippen LogP contribution in [0.4, 0.5) is 0 Å². The first-order valence-corrected chi connectivity index (χ1v) is 4.08. The van der Waals surface area contributed by atoms with Gasteiger partial charge in [0.25, 0.3) is 0 Å². The van der Waals surface area contributed by atoms with Gasteiger partial charge in [0, 0.05) is 0 Å². The number of hydrogen-bond donors (Lipinski definition) is 7. The van der Waals surface area contributed by atoms with E-state index in [4.69, 9.17) is 30.6 Å².